The molecule has 0 N–H and O–H groups in total. The summed E-state index contributed by atoms with van der Waals surface area (Å²) in [6, 6.07) is 4.89. The van der Waals surface area contributed by atoms with E-state index in [1.54, 1.807) is 39.2 Å². The summed E-state index contributed by atoms with van der Waals surface area (Å²) >= 11 is 0. The first kappa shape index (κ1) is 14.8. The Kier molecular flexibility index (Phi) is 5.17. The minimum Gasteiger partial charge on any atom is -0.434 e. The topological polar surface area (TPSA) is 65.1 Å². The molecule has 0 saturated carbocycles. The lowest BCUT2D eigenvalue weighted by molar-refractivity contribution is 0.102. The lowest BCUT2D eigenvalue weighted by Gasteiger charge is -2.14. The second kappa shape index (κ2) is 6.63. The summed E-state index contributed by atoms with van der Waals surface area (Å²) in [6.07, 6.45) is -1.40. The first-order chi connectivity index (χ1) is 8.93. The van der Waals surface area contributed by atoms with Crippen LogP contribution < -0.4 is 9.47 Å². The quantitative estimate of drug-likeness (QED) is 0.622. The molecule has 0 aliphatic rings. The summed E-state index contributed by atoms with van der Waals surface area (Å²) in [5.41, 5.74) is 0.873. The molecule has 6 heteroatoms. The largest absolute Gasteiger partial charge is 0.513 e. The van der Waals surface area contributed by atoms with Crippen molar-refractivity contribution >= 4 is 12.2 Å². The number of amides is 1. The number of nitrogens with zero attached hydrogens (tertiary/aromatic N) is 1. The third-order valence-electron chi connectivity index (χ3n) is 2.12. The third kappa shape index (κ3) is 4.50. The van der Waals surface area contributed by atoms with Crippen molar-refractivity contribution in [2.75, 3.05) is 20.7 Å². The Morgan fingerprint density at radius 2 is 1.84 bits per heavy atom. The van der Waals surface area contributed by atoms with Gasteiger partial charge in [-0.1, -0.05) is 6.07 Å². The fourth-order valence-electron chi connectivity index (χ4n) is 1.20. The van der Waals surface area contributed by atoms with Gasteiger partial charge in [-0.25, -0.2) is 9.59 Å². The maximum atomic E-state index is 11.5. The number of aryl methyl sites for hydroxylation is 1. The second-order valence-electron chi connectivity index (χ2n) is 4.00. The van der Waals surface area contributed by atoms with Crippen LogP contribution in [0.3, 0.4) is 0 Å². The average molecular weight is 267 g/mol. The second-order valence-corrected chi connectivity index (χ2v) is 4.00. The molecule has 0 fully saturated rings. The highest BCUT2D eigenvalue weighted by atomic mass is 16.7. The van der Waals surface area contributed by atoms with Gasteiger partial charge in [0.1, 0.15) is 0 Å². The molecule has 0 saturated heterocycles. The van der Waals surface area contributed by atoms with Gasteiger partial charge >= 0.3 is 12.2 Å². The number of hydrogen-bond acceptors (Lipinski definition) is 5. The van der Waals surface area contributed by atoms with Crippen LogP contribution in [-0.4, -0.2) is 37.9 Å². The predicted molar refractivity (Wildman–Crippen MR) is 68.5 cm³/mol. The minimum absolute atomic E-state index is 0.138. The number of benzene rings is 1. The van der Waals surface area contributed by atoms with Crippen molar-refractivity contribution in [2.45, 2.75) is 13.8 Å². The van der Waals surface area contributed by atoms with Gasteiger partial charge in [-0.3, -0.25) is 0 Å². The van der Waals surface area contributed by atoms with Crippen LogP contribution in [0.1, 0.15) is 12.5 Å². The van der Waals surface area contributed by atoms with Gasteiger partial charge < -0.3 is 19.1 Å². The molecule has 0 atom stereocenters. The molecule has 104 valence electrons. The Labute approximate surface area is 111 Å². The van der Waals surface area contributed by atoms with E-state index in [0.717, 1.165) is 5.56 Å². The van der Waals surface area contributed by atoms with Crippen LogP contribution in [0, 0.1) is 6.92 Å². The molecule has 0 heterocycles. The van der Waals surface area contributed by atoms with E-state index in [1.165, 1.54) is 4.90 Å². The summed E-state index contributed by atoms with van der Waals surface area (Å²) < 4.78 is 14.8. The monoisotopic (exact) mass is 267 g/mol. The van der Waals surface area contributed by atoms with Gasteiger partial charge in [-0.15, -0.1) is 0 Å². The van der Waals surface area contributed by atoms with E-state index in [2.05, 4.69) is 4.74 Å². The molecule has 6 nitrogen and oxygen atoms in total. The Morgan fingerprint density at radius 1 is 1.16 bits per heavy atom. The van der Waals surface area contributed by atoms with Crippen LogP contribution in [0.15, 0.2) is 18.2 Å². The number of carbonyl (C=O) groups excluding carboxylic acids is 2. The van der Waals surface area contributed by atoms with Crippen molar-refractivity contribution in [3.63, 3.8) is 0 Å². The molecule has 1 rings (SSSR count). The van der Waals surface area contributed by atoms with Crippen molar-refractivity contribution in [3.8, 4) is 11.5 Å². The van der Waals surface area contributed by atoms with Crippen LogP contribution >= 0.6 is 0 Å². The Bertz CT molecular complexity index is 470. The van der Waals surface area contributed by atoms with E-state index in [1.807, 2.05) is 6.92 Å². The van der Waals surface area contributed by atoms with E-state index in [-0.39, 0.29) is 18.1 Å². The number of carbonyl (C=O) groups is 2. The molecule has 0 spiro atoms. The highest BCUT2D eigenvalue weighted by Crippen LogP contribution is 2.29. The van der Waals surface area contributed by atoms with E-state index < -0.39 is 12.2 Å². The van der Waals surface area contributed by atoms with Gasteiger partial charge in [0.15, 0.2) is 11.5 Å². The van der Waals surface area contributed by atoms with Crippen LogP contribution in [0.5, 0.6) is 11.5 Å². The Morgan fingerprint density at radius 3 is 2.42 bits per heavy atom. The Hall–Kier alpha value is -2.24. The van der Waals surface area contributed by atoms with Crippen molar-refractivity contribution in [1.82, 2.24) is 4.90 Å². The van der Waals surface area contributed by atoms with E-state index in [4.69, 9.17) is 9.47 Å². The van der Waals surface area contributed by atoms with Gasteiger partial charge in [0.2, 0.25) is 0 Å². The maximum Gasteiger partial charge on any atom is 0.513 e. The molecular weight excluding hydrogens is 250 g/mol. The van der Waals surface area contributed by atoms with Gasteiger partial charge in [0.05, 0.1) is 6.61 Å². The third-order valence-corrected chi connectivity index (χ3v) is 2.12. The molecular formula is C13H17NO5. The lowest BCUT2D eigenvalue weighted by atomic mass is 10.2. The van der Waals surface area contributed by atoms with Gasteiger partial charge in [-0.05, 0) is 31.5 Å². The molecule has 1 aromatic rings. The van der Waals surface area contributed by atoms with Gasteiger partial charge in [0.25, 0.3) is 0 Å². The van der Waals surface area contributed by atoms with Crippen molar-refractivity contribution in [1.29, 1.82) is 0 Å². The Balaban J connectivity index is 2.91. The molecule has 19 heavy (non-hydrogen) atoms. The van der Waals surface area contributed by atoms with Crippen molar-refractivity contribution < 1.29 is 23.8 Å². The molecule has 0 radical (unpaired) electrons. The predicted octanol–water partition coefficient (Wildman–Crippen LogP) is 2.59. The fraction of sp³-hybridized carbons (Fsp3) is 0.385. The highest BCUT2D eigenvalue weighted by molar-refractivity contribution is 5.72. The molecule has 0 aliphatic heterocycles. The number of hydrogen-bond donors (Lipinski definition) is 0. The zero-order valence-corrected chi connectivity index (χ0v) is 11.4. The molecule has 1 aromatic carbocycles. The number of ether oxygens (including phenoxy) is 3. The van der Waals surface area contributed by atoms with Gasteiger partial charge in [-0.2, -0.15) is 0 Å². The van der Waals surface area contributed by atoms with Crippen LogP contribution in [0.4, 0.5) is 9.59 Å². The van der Waals surface area contributed by atoms with E-state index in [9.17, 15) is 9.59 Å². The molecule has 0 aliphatic carbocycles. The first-order valence-corrected chi connectivity index (χ1v) is 5.78. The lowest BCUT2D eigenvalue weighted by Crippen LogP contribution is -2.25. The van der Waals surface area contributed by atoms with Crippen LogP contribution in [-0.2, 0) is 4.74 Å². The standard InChI is InChI=1S/C13H17NO5/c1-5-17-13(16)19-10-7-6-9(2)8-11(10)18-12(15)14(3)4/h6-8H,5H2,1-4H3. The first-order valence-electron chi connectivity index (χ1n) is 5.78. The average Bonchev–Trinajstić information content (AvgIpc) is 2.32. The van der Waals surface area contributed by atoms with E-state index >= 15 is 0 Å². The van der Waals surface area contributed by atoms with Crippen LogP contribution in [0.25, 0.3) is 0 Å². The summed E-state index contributed by atoms with van der Waals surface area (Å²) in [5, 5.41) is 0. The summed E-state index contributed by atoms with van der Waals surface area (Å²) in [4.78, 5) is 24.1. The minimum atomic E-state index is -0.839. The SMILES string of the molecule is CCOC(=O)Oc1ccc(C)cc1OC(=O)N(C)C. The molecule has 0 aromatic heterocycles. The highest BCUT2D eigenvalue weighted by Gasteiger charge is 2.15. The fourth-order valence-corrected chi connectivity index (χ4v) is 1.20. The summed E-state index contributed by atoms with van der Waals surface area (Å²) in [6.45, 7) is 3.71. The maximum absolute atomic E-state index is 11.5. The normalized spacial score (nSPS) is 9.68. The molecule has 1 amide bonds. The van der Waals surface area contributed by atoms with Crippen molar-refractivity contribution in [2.24, 2.45) is 0 Å². The van der Waals surface area contributed by atoms with Gasteiger partial charge in [0, 0.05) is 14.1 Å². The number of rotatable bonds is 3. The summed E-state index contributed by atoms with van der Waals surface area (Å²) in [5.74, 6) is 0.311. The van der Waals surface area contributed by atoms with Crippen molar-refractivity contribution in [3.05, 3.63) is 23.8 Å². The summed E-state index contributed by atoms with van der Waals surface area (Å²) in [7, 11) is 3.12. The van der Waals surface area contributed by atoms with Crippen LogP contribution in [0.2, 0.25) is 0 Å². The zero-order chi connectivity index (χ0) is 14.4. The van der Waals surface area contributed by atoms with E-state index in [0.29, 0.717) is 0 Å². The molecule has 0 bridgehead atoms. The smallest absolute Gasteiger partial charge is 0.434 e. The zero-order valence-electron chi connectivity index (χ0n) is 11.4. The molecule has 0 unspecified atom stereocenters.